The Bertz CT molecular complexity index is 878. The van der Waals surface area contributed by atoms with Gasteiger partial charge in [-0.3, -0.25) is 0 Å². The predicted molar refractivity (Wildman–Crippen MR) is 227 cm³/mol. The molecule has 0 spiro atoms. The Kier molecular flexibility index (Phi) is 34.5. The lowest BCUT2D eigenvalue weighted by atomic mass is 10.1. The molecule has 1 rings (SSSR count). The van der Waals surface area contributed by atoms with Crippen molar-refractivity contribution in [2.75, 3.05) is 40.5 Å². The second-order valence-electron chi connectivity index (χ2n) is 16.2. The van der Waals surface area contributed by atoms with E-state index in [2.05, 4.69) is 82.6 Å². The number of ether oxygens (including phenoxy) is 2. The summed E-state index contributed by atoms with van der Waals surface area (Å²) in [7, 11) is 4.66. The molecule has 3 heteroatoms. The van der Waals surface area contributed by atoms with E-state index >= 15 is 0 Å². The normalized spacial score (nSPS) is 12.9. The summed E-state index contributed by atoms with van der Waals surface area (Å²) < 4.78 is 13.7. The lowest BCUT2D eigenvalue weighted by Crippen LogP contribution is -2.47. The van der Waals surface area contributed by atoms with Crippen molar-refractivity contribution in [1.29, 1.82) is 0 Å². The molecule has 51 heavy (non-hydrogen) atoms. The van der Waals surface area contributed by atoms with Gasteiger partial charge in [-0.1, -0.05) is 184 Å². The molecule has 0 saturated carbocycles. The Morgan fingerprint density at radius 2 is 0.882 bits per heavy atom. The lowest BCUT2D eigenvalue weighted by molar-refractivity contribution is -0.906. The Balaban J connectivity index is 2.16. The summed E-state index contributed by atoms with van der Waals surface area (Å²) in [5, 5.41) is 0. The van der Waals surface area contributed by atoms with Gasteiger partial charge < -0.3 is 14.0 Å². The molecular formula is C48H88NO2+. The molecule has 296 valence electrons. The number of rotatable bonds is 39. The SMILES string of the molecule is CCCCCCCC/C=C\CCCCCCCCOCC(C[N+](C)(C)Cc1ccccc1)OCCCCCCCC/C=C\CCCCCCCC. The van der Waals surface area contributed by atoms with E-state index in [9.17, 15) is 0 Å². The first kappa shape index (κ1) is 47.6. The highest BCUT2D eigenvalue weighted by Crippen LogP contribution is 2.15. The molecule has 0 aliphatic rings. The van der Waals surface area contributed by atoms with Crippen LogP contribution in [0.25, 0.3) is 0 Å². The van der Waals surface area contributed by atoms with Crippen LogP contribution in [0, 0.1) is 0 Å². The molecule has 1 unspecified atom stereocenters. The summed E-state index contributed by atoms with van der Waals surface area (Å²) >= 11 is 0. The van der Waals surface area contributed by atoms with Gasteiger partial charge in [-0.2, -0.15) is 0 Å². The summed E-state index contributed by atoms with van der Waals surface area (Å²) in [6.45, 7) is 9.02. The minimum absolute atomic E-state index is 0.154. The largest absolute Gasteiger partial charge is 0.379 e. The predicted octanol–water partition coefficient (Wildman–Crippen LogP) is 14.7. The highest BCUT2D eigenvalue weighted by molar-refractivity contribution is 5.13. The summed E-state index contributed by atoms with van der Waals surface area (Å²) in [4.78, 5) is 0. The number of allylic oxidation sites excluding steroid dienone is 4. The number of quaternary nitrogens is 1. The van der Waals surface area contributed by atoms with Gasteiger partial charge in [0, 0.05) is 18.8 Å². The lowest BCUT2D eigenvalue weighted by Gasteiger charge is -2.33. The van der Waals surface area contributed by atoms with E-state index in [-0.39, 0.29) is 6.10 Å². The molecule has 0 radical (unpaired) electrons. The van der Waals surface area contributed by atoms with Gasteiger partial charge in [-0.15, -0.1) is 0 Å². The number of hydrogen-bond acceptors (Lipinski definition) is 2. The first-order chi connectivity index (χ1) is 25.1. The molecule has 1 atom stereocenters. The van der Waals surface area contributed by atoms with E-state index in [4.69, 9.17) is 9.47 Å². The third-order valence-electron chi connectivity index (χ3n) is 10.3. The van der Waals surface area contributed by atoms with Crippen LogP contribution in [-0.2, 0) is 16.0 Å². The molecule has 0 heterocycles. The Morgan fingerprint density at radius 3 is 1.33 bits per heavy atom. The van der Waals surface area contributed by atoms with Crippen LogP contribution in [0.1, 0.15) is 199 Å². The maximum absolute atomic E-state index is 6.51. The minimum Gasteiger partial charge on any atom is -0.379 e. The molecule has 3 nitrogen and oxygen atoms in total. The first-order valence-electron chi connectivity index (χ1n) is 22.4. The standard InChI is InChI=1S/C48H88NO2/c1-5-7-9-11-13-15-17-19-21-23-25-27-29-31-33-38-42-50-46-48(45-49(3,4)44-47-40-36-35-37-41-47)51-43-39-34-32-30-28-26-24-22-20-18-16-14-12-10-8-6-2/h19-22,35-37,40-41,48H,5-18,23-34,38-39,42-46H2,1-4H3/q+1/b21-19-,22-20-. The zero-order chi connectivity index (χ0) is 36.8. The van der Waals surface area contributed by atoms with Crippen molar-refractivity contribution >= 4 is 0 Å². The molecular weight excluding hydrogens is 623 g/mol. The molecule has 0 bridgehead atoms. The van der Waals surface area contributed by atoms with Gasteiger partial charge >= 0.3 is 0 Å². The van der Waals surface area contributed by atoms with E-state index in [1.54, 1.807) is 0 Å². The summed E-state index contributed by atoms with van der Waals surface area (Å²) in [6, 6.07) is 10.9. The number of benzene rings is 1. The van der Waals surface area contributed by atoms with E-state index in [1.807, 2.05) is 0 Å². The van der Waals surface area contributed by atoms with Crippen LogP contribution in [0.5, 0.6) is 0 Å². The minimum atomic E-state index is 0.154. The zero-order valence-electron chi connectivity index (χ0n) is 34.9. The van der Waals surface area contributed by atoms with Crippen LogP contribution in [0.2, 0.25) is 0 Å². The fourth-order valence-electron chi connectivity index (χ4n) is 7.11. The van der Waals surface area contributed by atoms with Crippen molar-refractivity contribution in [3.63, 3.8) is 0 Å². The van der Waals surface area contributed by atoms with E-state index < -0.39 is 0 Å². The Morgan fingerprint density at radius 1 is 0.490 bits per heavy atom. The van der Waals surface area contributed by atoms with Crippen LogP contribution in [0.4, 0.5) is 0 Å². The summed E-state index contributed by atoms with van der Waals surface area (Å²) in [5.41, 5.74) is 1.39. The van der Waals surface area contributed by atoms with Crippen LogP contribution in [-0.4, -0.2) is 51.0 Å². The Hall–Kier alpha value is -1.42. The third kappa shape index (κ3) is 34.1. The molecule has 0 saturated heterocycles. The van der Waals surface area contributed by atoms with Gasteiger partial charge in [0.1, 0.15) is 19.2 Å². The monoisotopic (exact) mass is 711 g/mol. The molecule has 0 aliphatic heterocycles. The van der Waals surface area contributed by atoms with Crippen molar-refractivity contribution < 1.29 is 14.0 Å². The highest BCUT2D eigenvalue weighted by atomic mass is 16.5. The van der Waals surface area contributed by atoms with E-state index in [0.29, 0.717) is 6.61 Å². The average molecular weight is 711 g/mol. The number of unbranched alkanes of at least 4 members (excludes halogenated alkanes) is 24. The van der Waals surface area contributed by atoms with Gasteiger partial charge in [0.2, 0.25) is 0 Å². The van der Waals surface area contributed by atoms with Crippen molar-refractivity contribution in [3.8, 4) is 0 Å². The highest BCUT2D eigenvalue weighted by Gasteiger charge is 2.23. The number of hydrogen-bond donors (Lipinski definition) is 0. The maximum atomic E-state index is 6.51. The quantitative estimate of drug-likeness (QED) is 0.0385. The number of likely N-dealkylation sites (N-methyl/N-ethyl adjacent to an activating group) is 1. The van der Waals surface area contributed by atoms with Gasteiger partial charge in [0.25, 0.3) is 0 Å². The zero-order valence-corrected chi connectivity index (χ0v) is 34.9. The molecule has 0 aliphatic carbocycles. The molecule has 1 aromatic carbocycles. The van der Waals surface area contributed by atoms with Gasteiger partial charge in [-0.05, 0) is 64.2 Å². The van der Waals surface area contributed by atoms with Crippen molar-refractivity contribution in [2.45, 2.75) is 206 Å². The summed E-state index contributed by atoms with van der Waals surface area (Å²) in [6.07, 6.45) is 47.4. The fourth-order valence-corrected chi connectivity index (χ4v) is 7.11. The van der Waals surface area contributed by atoms with Crippen molar-refractivity contribution in [2.24, 2.45) is 0 Å². The number of nitrogens with zero attached hydrogens (tertiary/aromatic N) is 1. The van der Waals surface area contributed by atoms with Crippen LogP contribution in [0.15, 0.2) is 54.6 Å². The molecule has 1 aromatic rings. The third-order valence-corrected chi connectivity index (χ3v) is 10.3. The topological polar surface area (TPSA) is 18.5 Å². The second-order valence-corrected chi connectivity index (χ2v) is 16.2. The van der Waals surface area contributed by atoms with Crippen LogP contribution < -0.4 is 0 Å². The van der Waals surface area contributed by atoms with Crippen LogP contribution >= 0.6 is 0 Å². The molecule has 0 fully saturated rings. The van der Waals surface area contributed by atoms with E-state index in [0.717, 1.165) is 37.2 Å². The van der Waals surface area contributed by atoms with Crippen molar-refractivity contribution in [3.05, 3.63) is 60.2 Å². The first-order valence-corrected chi connectivity index (χ1v) is 22.4. The average Bonchev–Trinajstić information content (AvgIpc) is 3.12. The second kappa shape index (κ2) is 36.9. The fraction of sp³-hybridized carbons (Fsp3) is 0.792. The smallest absolute Gasteiger partial charge is 0.130 e. The molecule has 0 aromatic heterocycles. The van der Waals surface area contributed by atoms with Gasteiger partial charge in [0.05, 0.1) is 20.7 Å². The van der Waals surface area contributed by atoms with Gasteiger partial charge in [0.15, 0.2) is 0 Å². The Labute approximate surface area is 320 Å². The van der Waals surface area contributed by atoms with Gasteiger partial charge in [-0.25, -0.2) is 0 Å². The van der Waals surface area contributed by atoms with Crippen molar-refractivity contribution in [1.82, 2.24) is 0 Å². The maximum Gasteiger partial charge on any atom is 0.130 e. The molecule has 0 N–H and O–H groups in total. The summed E-state index contributed by atoms with van der Waals surface area (Å²) in [5.74, 6) is 0. The van der Waals surface area contributed by atoms with Crippen LogP contribution in [0.3, 0.4) is 0 Å². The van der Waals surface area contributed by atoms with E-state index in [1.165, 1.54) is 179 Å². The molecule has 0 amide bonds.